The molecule has 8 nitrogen and oxygen atoms in total. The maximum atomic E-state index is 12.3. The van der Waals surface area contributed by atoms with E-state index in [0.717, 1.165) is 11.1 Å². The maximum Gasteiger partial charge on any atom is 0.328 e. The van der Waals surface area contributed by atoms with Gasteiger partial charge in [-0.25, -0.2) is 19.7 Å². The van der Waals surface area contributed by atoms with Crippen molar-refractivity contribution in [1.82, 2.24) is 15.0 Å². The maximum absolute atomic E-state index is 12.3. The fourth-order valence-electron chi connectivity index (χ4n) is 3.31. The van der Waals surface area contributed by atoms with Gasteiger partial charge in [0.1, 0.15) is 23.9 Å². The second-order valence-electron chi connectivity index (χ2n) is 7.32. The predicted molar refractivity (Wildman–Crippen MR) is 126 cm³/mol. The summed E-state index contributed by atoms with van der Waals surface area (Å²) < 4.78 is 10.7. The third kappa shape index (κ3) is 5.72. The number of benzene rings is 2. The summed E-state index contributed by atoms with van der Waals surface area (Å²) in [7, 11) is 1.36. The number of nitrogens with one attached hydrogen (secondary N) is 1. The average molecular weight is 451 g/mol. The normalized spacial score (nSPS) is 11.2. The van der Waals surface area contributed by atoms with Crippen molar-refractivity contribution >= 4 is 11.8 Å². The van der Waals surface area contributed by atoms with Crippen molar-refractivity contribution in [1.29, 1.82) is 5.26 Å². The van der Waals surface area contributed by atoms with Crippen LogP contribution >= 0.6 is 0 Å². The number of aromatic nitrogens is 3. The van der Waals surface area contributed by atoms with Crippen LogP contribution < -0.4 is 10.1 Å². The number of methoxy groups -OCH3 is 1. The number of nitriles is 1. The van der Waals surface area contributed by atoms with Gasteiger partial charge in [-0.2, -0.15) is 5.26 Å². The Morgan fingerprint density at radius 1 is 1.03 bits per heavy atom. The molecule has 1 unspecified atom stereocenters. The van der Waals surface area contributed by atoms with Gasteiger partial charge in [-0.15, -0.1) is 0 Å². The summed E-state index contributed by atoms with van der Waals surface area (Å²) in [6.45, 7) is 0. The molecule has 4 rings (SSSR count). The van der Waals surface area contributed by atoms with Crippen LogP contribution in [0.4, 0.5) is 5.82 Å². The van der Waals surface area contributed by atoms with Crippen molar-refractivity contribution in [3.8, 4) is 29.0 Å². The van der Waals surface area contributed by atoms with Crippen molar-refractivity contribution < 1.29 is 14.3 Å². The number of hydrogen-bond donors (Lipinski definition) is 1. The first-order valence-corrected chi connectivity index (χ1v) is 10.5. The Balaban J connectivity index is 1.48. The topological polar surface area (TPSA) is 110 Å². The molecule has 8 heteroatoms. The highest BCUT2D eigenvalue weighted by atomic mass is 16.5. The number of carbonyl (C=O) groups excluding carboxylic acids is 1. The Hall–Kier alpha value is -4.77. The van der Waals surface area contributed by atoms with E-state index in [1.54, 1.807) is 30.3 Å². The number of ether oxygens (including phenoxy) is 2. The van der Waals surface area contributed by atoms with Crippen molar-refractivity contribution in [2.24, 2.45) is 0 Å². The van der Waals surface area contributed by atoms with Gasteiger partial charge in [-0.05, 0) is 35.9 Å². The Labute approximate surface area is 196 Å². The minimum Gasteiger partial charge on any atom is -0.467 e. The zero-order valence-corrected chi connectivity index (χ0v) is 18.4. The van der Waals surface area contributed by atoms with Gasteiger partial charge in [-0.1, -0.05) is 30.3 Å². The molecule has 168 valence electrons. The van der Waals surface area contributed by atoms with E-state index in [9.17, 15) is 4.79 Å². The predicted octanol–water partition coefficient (Wildman–Crippen LogP) is 4.40. The second kappa shape index (κ2) is 10.7. The molecule has 0 fully saturated rings. The van der Waals surface area contributed by atoms with Crippen LogP contribution in [0.1, 0.15) is 11.1 Å². The summed E-state index contributed by atoms with van der Waals surface area (Å²) in [6, 6.07) is 23.4. The summed E-state index contributed by atoms with van der Waals surface area (Å²) in [5.41, 5.74) is 3.00. The lowest BCUT2D eigenvalue weighted by atomic mass is 10.1. The molecule has 2 aromatic heterocycles. The number of esters is 1. The van der Waals surface area contributed by atoms with Gasteiger partial charge in [0.15, 0.2) is 0 Å². The fraction of sp³-hybridized carbons (Fsp3) is 0.115. The molecular formula is C26H21N5O3. The molecule has 0 saturated carbocycles. The lowest BCUT2D eigenvalue weighted by Crippen LogP contribution is -2.33. The first-order valence-electron chi connectivity index (χ1n) is 10.5. The molecule has 0 aliphatic rings. The summed E-state index contributed by atoms with van der Waals surface area (Å²) in [5.74, 6) is 1.05. The summed E-state index contributed by atoms with van der Waals surface area (Å²) in [6.07, 6.45) is 3.42. The van der Waals surface area contributed by atoms with Gasteiger partial charge in [0.2, 0.25) is 5.88 Å². The van der Waals surface area contributed by atoms with Crippen LogP contribution in [-0.4, -0.2) is 34.1 Å². The van der Waals surface area contributed by atoms with E-state index >= 15 is 0 Å². The van der Waals surface area contributed by atoms with Gasteiger partial charge < -0.3 is 14.8 Å². The molecule has 34 heavy (non-hydrogen) atoms. The van der Waals surface area contributed by atoms with Crippen molar-refractivity contribution in [2.45, 2.75) is 12.5 Å². The highest BCUT2D eigenvalue weighted by Crippen LogP contribution is 2.25. The van der Waals surface area contributed by atoms with Gasteiger partial charge in [-0.3, -0.25) is 0 Å². The van der Waals surface area contributed by atoms with Gasteiger partial charge >= 0.3 is 5.97 Å². The first kappa shape index (κ1) is 22.4. The fourth-order valence-corrected chi connectivity index (χ4v) is 3.31. The SMILES string of the molecule is COC(=O)C(Cc1ccccc1)Nc1cc(-c2ccc(Oc3cc(C#N)ccn3)cc2)ncn1. The standard InChI is InChI=1S/C26H21N5O3/c1-33-26(32)23(13-18-5-3-2-4-6-18)31-24-15-22(29-17-30-24)20-7-9-21(10-8-20)34-25-14-19(16-27)11-12-28-25/h2-12,14-15,17,23H,13H2,1H3,(H,29,30,31). The quantitative estimate of drug-likeness (QED) is 0.393. The molecule has 0 aliphatic carbocycles. The third-order valence-electron chi connectivity index (χ3n) is 4.99. The molecule has 0 radical (unpaired) electrons. The van der Waals surface area contributed by atoms with E-state index < -0.39 is 6.04 Å². The molecule has 2 aromatic carbocycles. The van der Waals surface area contributed by atoms with Crippen molar-refractivity contribution in [3.05, 3.63) is 96.4 Å². The molecule has 1 atom stereocenters. The van der Waals surface area contributed by atoms with Crippen LogP contribution in [-0.2, 0) is 16.0 Å². The lowest BCUT2D eigenvalue weighted by Gasteiger charge is -2.17. The Morgan fingerprint density at radius 3 is 2.56 bits per heavy atom. The molecule has 4 aromatic rings. The van der Waals surface area contributed by atoms with Crippen LogP contribution in [0.5, 0.6) is 11.6 Å². The number of nitrogens with zero attached hydrogens (tertiary/aromatic N) is 4. The summed E-state index contributed by atoms with van der Waals surface area (Å²) in [4.78, 5) is 25.1. The third-order valence-corrected chi connectivity index (χ3v) is 4.99. The molecule has 0 aliphatic heterocycles. The van der Waals surface area contributed by atoms with Crippen LogP contribution in [0.2, 0.25) is 0 Å². The van der Waals surface area contributed by atoms with Crippen LogP contribution in [0.15, 0.2) is 85.3 Å². The largest absolute Gasteiger partial charge is 0.467 e. The molecular weight excluding hydrogens is 430 g/mol. The summed E-state index contributed by atoms with van der Waals surface area (Å²) >= 11 is 0. The minimum atomic E-state index is -0.595. The zero-order valence-electron chi connectivity index (χ0n) is 18.4. The van der Waals surface area contributed by atoms with E-state index in [-0.39, 0.29) is 5.97 Å². The zero-order chi connectivity index (χ0) is 23.8. The number of hydrogen-bond acceptors (Lipinski definition) is 8. The molecule has 0 bridgehead atoms. The first-order chi connectivity index (χ1) is 16.6. The van der Waals surface area contributed by atoms with Crippen molar-refractivity contribution in [3.63, 3.8) is 0 Å². The molecule has 2 heterocycles. The Morgan fingerprint density at radius 2 is 1.82 bits per heavy atom. The van der Waals surface area contributed by atoms with Crippen LogP contribution in [0.25, 0.3) is 11.3 Å². The molecule has 1 N–H and O–H groups in total. The van der Waals surface area contributed by atoms with Gasteiger partial charge in [0.05, 0.1) is 24.4 Å². The van der Waals surface area contributed by atoms with Crippen molar-refractivity contribution in [2.75, 3.05) is 12.4 Å². The minimum absolute atomic E-state index is 0.340. The van der Waals surface area contributed by atoms with Gasteiger partial charge in [0, 0.05) is 30.3 Å². The number of pyridine rings is 1. The monoisotopic (exact) mass is 451 g/mol. The highest BCUT2D eigenvalue weighted by Gasteiger charge is 2.20. The van der Waals surface area contributed by atoms with Crippen LogP contribution in [0.3, 0.4) is 0 Å². The summed E-state index contributed by atoms with van der Waals surface area (Å²) in [5, 5.41) is 12.2. The Bertz CT molecular complexity index is 1300. The number of carbonyl (C=O) groups is 1. The van der Waals surface area contributed by atoms with E-state index in [1.807, 2.05) is 42.5 Å². The highest BCUT2D eigenvalue weighted by molar-refractivity contribution is 5.79. The second-order valence-corrected chi connectivity index (χ2v) is 7.32. The number of rotatable bonds is 8. The molecule has 0 amide bonds. The van der Waals surface area contributed by atoms with E-state index in [4.69, 9.17) is 14.7 Å². The smallest absolute Gasteiger partial charge is 0.328 e. The number of anilines is 1. The van der Waals surface area contributed by atoms with E-state index in [0.29, 0.717) is 35.1 Å². The van der Waals surface area contributed by atoms with E-state index in [2.05, 4.69) is 26.3 Å². The molecule has 0 saturated heterocycles. The van der Waals surface area contributed by atoms with E-state index in [1.165, 1.54) is 19.6 Å². The lowest BCUT2D eigenvalue weighted by molar-refractivity contribution is -0.141. The van der Waals surface area contributed by atoms with Crippen LogP contribution in [0, 0.1) is 11.3 Å². The molecule has 0 spiro atoms. The Kier molecular flexibility index (Phi) is 7.06. The van der Waals surface area contributed by atoms with Gasteiger partial charge in [0.25, 0.3) is 0 Å². The average Bonchev–Trinajstić information content (AvgIpc) is 2.89.